The Morgan fingerprint density at radius 1 is 1.04 bits per heavy atom. The van der Waals surface area contributed by atoms with Gasteiger partial charge in [-0.25, -0.2) is 0 Å². The smallest absolute Gasteiger partial charge is 0.308 e. The molecule has 0 amide bonds. The van der Waals surface area contributed by atoms with Gasteiger partial charge in [0.15, 0.2) is 5.43 Å². The average molecular weight is 310 g/mol. The fraction of sp³-hybridized carbons (Fsp3) is 0.111. The van der Waals surface area contributed by atoms with Gasteiger partial charge in [0.25, 0.3) is 0 Å². The Hall–Kier alpha value is -3.08. The van der Waals surface area contributed by atoms with Crippen molar-refractivity contribution in [3.05, 3.63) is 59.0 Å². The molecule has 116 valence electrons. The molecule has 0 fully saturated rings. The van der Waals surface area contributed by atoms with Crippen LogP contribution in [0, 0.1) is 0 Å². The largest absolute Gasteiger partial charge is 0.497 e. The third-order valence-corrected chi connectivity index (χ3v) is 3.41. The fourth-order valence-electron chi connectivity index (χ4n) is 2.31. The minimum Gasteiger partial charge on any atom is -0.497 e. The molecular weight excluding hydrogens is 296 g/mol. The Labute approximate surface area is 132 Å². The van der Waals surface area contributed by atoms with Crippen molar-refractivity contribution in [3.63, 3.8) is 0 Å². The van der Waals surface area contributed by atoms with E-state index in [9.17, 15) is 9.59 Å². The SMILES string of the molecule is COc1ccc(-c2coc3cc(OC(C)=O)ccc3c2=O)cc1. The summed E-state index contributed by atoms with van der Waals surface area (Å²) in [7, 11) is 1.58. The first-order valence-corrected chi connectivity index (χ1v) is 6.97. The monoisotopic (exact) mass is 310 g/mol. The number of esters is 1. The number of benzene rings is 2. The van der Waals surface area contributed by atoms with Crippen molar-refractivity contribution >= 4 is 16.9 Å². The van der Waals surface area contributed by atoms with E-state index in [2.05, 4.69) is 0 Å². The molecule has 0 unspecified atom stereocenters. The molecule has 5 heteroatoms. The molecule has 0 saturated heterocycles. The molecule has 5 nitrogen and oxygen atoms in total. The van der Waals surface area contributed by atoms with Crippen LogP contribution in [0.15, 0.2) is 57.9 Å². The molecule has 0 radical (unpaired) electrons. The number of carbonyl (C=O) groups excluding carboxylic acids is 1. The number of hydrogen-bond acceptors (Lipinski definition) is 5. The van der Waals surface area contributed by atoms with Crippen LogP contribution in [0.2, 0.25) is 0 Å². The predicted molar refractivity (Wildman–Crippen MR) is 85.8 cm³/mol. The van der Waals surface area contributed by atoms with Gasteiger partial charge in [0.05, 0.1) is 18.1 Å². The molecule has 3 aromatic rings. The van der Waals surface area contributed by atoms with Gasteiger partial charge in [0.1, 0.15) is 23.3 Å². The molecule has 0 N–H and O–H groups in total. The molecule has 1 heterocycles. The van der Waals surface area contributed by atoms with Gasteiger partial charge in [-0.1, -0.05) is 12.1 Å². The molecule has 0 saturated carbocycles. The van der Waals surface area contributed by atoms with Crippen molar-refractivity contribution in [2.24, 2.45) is 0 Å². The lowest BCUT2D eigenvalue weighted by atomic mass is 10.1. The molecule has 0 aliphatic rings. The highest BCUT2D eigenvalue weighted by molar-refractivity contribution is 5.83. The van der Waals surface area contributed by atoms with Crippen LogP contribution in [0.1, 0.15) is 6.92 Å². The van der Waals surface area contributed by atoms with Crippen LogP contribution in [-0.4, -0.2) is 13.1 Å². The summed E-state index contributed by atoms with van der Waals surface area (Å²) in [6.07, 6.45) is 1.41. The van der Waals surface area contributed by atoms with Gasteiger partial charge < -0.3 is 13.9 Å². The van der Waals surface area contributed by atoms with Gasteiger partial charge in [-0.2, -0.15) is 0 Å². The minimum atomic E-state index is -0.429. The Bertz CT molecular complexity index is 922. The van der Waals surface area contributed by atoms with E-state index in [1.54, 1.807) is 43.5 Å². The summed E-state index contributed by atoms with van der Waals surface area (Å²) < 4.78 is 15.6. The third-order valence-electron chi connectivity index (χ3n) is 3.41. The maximum Gasteiger partial charge on any atom is 0.308 e. The van der Waals surface area contributed by atoms with Gasteiger partial charge in [-0.05, 0) is 29.8 Å². The Balaban J connectivity index is 2.07. The van der Waals surface area contributed by atoms with Gasteiger partial charge in [-0.15, -0.1) is 0 Å². The first-order valence-electron chi connectivity index (χ1n) is 6.97. The van der Waals surface area contributed by atoms with Crippen molar-refractivity contribution in [1.82, 2.24) is 0 Å². The molecule has 0 bridgehead atoms. The molecular formula is C18H14O5. The van der Waals surface area contributed by atoms with Crippen LogP contribution in [0.5, 0.6) is 11.5 Å². The lowest BCUT2D eigenvalue weighted by Gasteiger charge is -2.06. The van der Waals surface area contributed by atoms with E-state index in [1.165, 1.54) is 19.3 Å². The lowest BCUT2D eigenvalue weighted by Crippen LogP contribution is -2.06. The number of methoxy groups -OCH3 is 1. The zero-order valence-electron chi connectivity index (χ0n) is 12.7. The number of fused-ring (bicyclic) bond motifs is 1. The third kappa shape index (κ3) is 2.94. The van der Waals surface area contributed by atoms with E-state index >= 15 is 0 Å². The van der Waals surface area contributed by atoms with E-state index < -0.39 is 5.97 Å². The van der Waals surface area contributed by atoms with Crippen LogP contribution < -0.4 is 14.9 Å². The average Bonchev–Trinajstić information content (AvgIpc) is 2.55. The van der Waals surface area contributed by atoms with Gasteiger partial charge >= 0.3 is 5.97 Å². The molecule has 0 aliphatic carbocycles. The lowest BCUT2D eigenvalue weighted by molar-refractivity contribution is -0.131. The first kappa shape index (κ1) is 14.8. The van der Waals surface area contributed by atoms with Gasteiger partial charge in [-0.3, -0.25) is 9.59 Å². The molecule has 0 atom stereocenters. The van der Waals surface area contributed by atoms with Gasteiger partial charge in [0.2, 0.25) is 0 Å². The summed E-state index contributed by atoms with van der Waals surface area (Å²) in [5, 5.41) is 0.425. The van der Waals surface area contributed by atoms with Crippen molar-refractivity contribution in [2.45, 2.75) is 6.92 Å². The minimum absolute atomic E-state index is 0.147. The normalized spacial score (nSPS) is 10.5. The fourth-order valence-corrected chi connectivity index (χ4v) is 2.31. The summed E-state index contributed by atoms with van der Waals surface area (Å²) in [4.78, 5) is 23.6. The zero-order chi connectivity index (χ0) is 16.4. The molecule has 1 aromatic heterocycles. The highest BCUT2D eigenvalue weighted by Crippen LogP contribution is 2.24. The molecule has 23 heavy (non-hydrogen) atoms. The standard InChI is InChI=1S/C18H14O5/c1-11(19)23-14-7-8-15-17(9-14)22-10-16(18(15)20)12-3-5-13(21-2)6-4-12/h3-10H,1-2H3. The maximum absolute atomic E-state index is 12.6. The Morgan fingerprint density at radius 2 is 1.74 bits per heavy atom. The van der Waals surface area contributed by atoms with E-state index in [0.29, 0.717) is 28.0 Å². The highest BCUT2D eigenvalue weighted by atomic mass is 16.5. The van der Waals surface area contributed by atoms with E-state index in [4.69, 9.17) is 13.9 Å². The van der Waals surface area contributed by atoms with Crippen LogP contribution in [0.25, 0.3) is 22.1 Å². The van der Waals surface area contributed by atoms with Crippen LogP contribution in [0.3, 0.4) is 0 Å². The van der Waals surface area contributed by atoms with E-state index in [1.807, 2.05) is 0 Å². The van der Waals surface area contributed by atoms with E-state index in [0.717, 1.165) is 5.56 Å². The summed E-state index contributed by atoms with van der Waals surface area (Å²) in [6, 6.07) is 11.8. The second-order valence-electron chi connectivity index (χ2n) is 4.96. The molecule has 2 aromatic carbocycles. The van der Waals surface area contributed by atoms with Crippen LogP contribution >= 0.6 is 0 Å². The number of ether oxygens (including phenoxy) is 2. The molecule has 0 spiro atoms. The predicted octanol–water partition coefficient (Wildman–Crippen LogP) is 3.39. The molecule has 0 aliphatic heterocycles. The number of carbonyl (C=O) groups is 1. The van der Waals surface area contributed by atoms with Crippen molar-refractivity contribution < 1.29 is 18.7 Å². The van der Waals surface area contributed by atoms with Crippen molar-refractivity contribution in [2.75, 3.05) is 7.11 Å². The summed E-state index contributed by atoms with van der Waals surface area (Å²) in [5.74, 6) is 0.622. The summed E-state index contributed by atoms with van der Waals surface area (Å²) in [5.41, 5.74) is 1.42. The topological polar surface area (TPSA) is 65.7 Å². The number of rotatable bonds is 3. The van der Waals surface area contributed by atoms with Crippen LogP contribution in [-0.2, 0) is 4.79 Å². The first-order chi connectivity index (χ1) is 11.1. The van der Waals surface area contributed by atoms with E-state index in [-0.39, 0.29) is 5.43 Å². The maximum atomic E-state index is 12.6. The highest BCUT2D eigenvalue weighted by Gasteiger charge is 2.10. The van der Waals surface area contributed by atoms with Crippen molar-refractivity contribution in [3.8, 4) is 22.6 Å². The Kier molecular flexibility index (Phi) is 3.85. The summed E-state index contributed by atoms with van der Waals surface area (Å²) in [6.45, 7) is 1.31. The van der Waals surface area contributed by atoms with Crippen molar-refractivity contribution in [1.29, 1.82) is 0 Å². The summed E-state index contributed by atoms with van der Waals surface area (Å²) >= 11 is 0. The van der Waals surface area contributed by atoms with Crippen LogP contribution in [0.4, 0.5) is 0 Å². The molecule has 3 rings (SSSR count). The zero-order valence-corrected chi connectivity index (χ0v) is 12.7. The quantitative estimate of drug-likeness (QED) is 0.548. The number of hydrogen-bond donors (Lipinski definition) is 0. The Morgan fingerprint density at radius 3 is 2.39 bits per heavy atom. The second-order valence-corrected chi connectivity index (χ2v) is 4.96. The van der Waals surface area contributed by atoms with Gasteiger partial charge in [0, 0.05) is 13.0 Å². The second kappa shape index (κ2) is 5.96.